The summed E-state index contributed by atoms with van der Waals surface area (Å²) >= 11 is 5.78. The van der Waals surface area contributed by atoms with Crippen molar-refractivity contribution in [1.82, 2.24) is 4.72 Å². The zero-order valence-electron chi connectivity index (χ0n) is 11.5. The topological polar surface area (TPSA) is 126 Å². The smallest absolute Gasteiger partial charge is 0.242 e. The normalized spacial score (nSPS) is 11.3. The number of hydrogen-bond acceptors (Lipinski definition) is 6. The standard InChI is InChI=1S/C13H16ClNO6S/c14-10-6-5-9(13(18)19)8-11(10)22(20,21)15-7-3-1-2-4-12(16)17/h5-6,8,15H,1-4,7H2,(H,16,17)(H,18,19)/p-2. The van der Waals surface area contributed by atoms with Crippen LogP contribution in [0, 0.1) is 0 Å². The number of unbranched alkanes of at least 4 members (excludes halogenated alkanes) is 2. The van der Waals surface area contributed by atoms with Gasteiger partial charge in [-0.25, -0.2) is 13.1 Å². The number of benzene rings is 1. The molecule has 0 aromatic heterocycles. The zero-order valence-corrected chi connectivity index (χ0v) is 13.1. The summed E-state index contributed by atoms with van der Waals surface area (Å²) in [5, 5.41) is 20.9. The first-order chi connectivity index (χ1) is 10.2. The van der Waals surface area contributed by atoms with Crippen molar-refractivity contribution in [3.63, 3.8) is 0 Å². The van der Waals surface area contributed by atoms with Crippen molar-refractivity contribution in [2.24, 2.45) is 0 Å². The van der Waals surface area contributed by atoms with E-state index in [1.54, 1.807) is 0 Å². The molecule has 1 rings (SSSR count). The first-order valence-corrected chi connectivity index (χ1v) is 8.30. The molecule has 0 unspecified atom stereocenters. The fourth-order valence-electron chi connectivity index (χ4n) is 1.69. The number of halogens is 1. The minimum absolute atomic E-state index is 0.0771. The molecule has 0 amide bonds. The van der Waals surface area contributed by atoms with E-state index in [1.807, 2.05) is 0 Å². The van der Waals surface area contributed by atoms with Crippen LogP contribution in [0.15, 0.2) is 23.1 Å². The highest BCUT2D eigenvalue weighted by Crippen LogP contribution is 2.22. The monoisotopic (exact) mass is 347 g/mol. The van der Waals surface area contributed by atoms with Gasteiger partial charge in [0.2, 0.25) is 10.0 Å². The van der Waals surface area contributed by atoms with Crippen LogP contribution in [0.3, 0.4) is 0 Å². The molecule has 0 bridgehead atoms. The average molecular weight is 348 g/mol. The van der Waals surface area contributed by atoms with Gasteiger partial charge in [-0.3, -0.25) is 0 Å². The summed E-state index contributed by atoms with van der Waals surface area (Å²) in [5.74, 6) is -2.65. The number of nitrogens with one attached hydrogen (secondary N) is 1. The van der Waals surface area contributed by atoms with Crippen molar-refractivity contribution in [3.8, 4) is 0 Å². The van der Waals surface area contributed by atoms with Crippen molar-refractivity contribution in [2.75, 3.05) is 6.54 Å². The zero-order chi connectivity index (χ0) is 16.8. The average Bonchev–Trinajstić information content (AvgIpc) is 2.42. The van der Waals surface area contributed by atoms with Crippen LogP contribution >= 0.6 is 11.6 Å². The van der Waals surface area contributed by atoms with Crippen molar-refractivity contribution in [2.45, 2.75) is 30.6 Å². The lowest BCUT2D eigenvalue weighted by molar-refractivity contribution is -0.305. The fraction of sp³-hybridized carbons (Fsp3) is 0.385. The molecule has 0 heterocycles. The van der Waals surface area contributed by atoms with Gasteiger partial charge in [-0.1, -0.05) is 24.1 Å². The van der Waals surface area contributed by atoms with Gasteiger partial charge in [0.1, 0.15) is 4.90 Å². The molecule has 0 aliphatic rings. The van der Waals surface area contributed by atoms with E-state index >= 15 is 0 Å². The van der Waals surface area contributed by atoms with E-state index in [2.05, 4.69) is 4.72 Å². The summed E-state index contributed by atoms with van der Waals surface area (Å²) in [6, 6.07) is 3.24. The summed E-state index contributed by atoms with van der Waals surface area (Å²) in [4.78, 5) is 20.6. The third kappa shape index (κ3) is 5.63. The minimum atomic E-state index is -3.95. The highest BCUT2D eigenvalue weighted by molar-refractivity contribution is 7.89. The van der Waals surface area contributed by atoms with Crippen LogP contribution in [0.2, 0.25) is 5.02 Å². The summed E-state index contributed by atoms with van der Waals surface area (Å²) in [7, 11) is -3.95. The van der Waals surface area contributed by atoms with Gasteiger partial charge in [-0.05, 0) is 37.0 Å². The van der Waals surface area contributed by atoms with Gasteiger partial charge in [0.25, 0.3) is 0 Å². The molecule has 0 aliphatic carbocycles. The Bertz CT molecular complexity index is 658. The van der Waals surface area contributed by atoms with Crippen molar-refractivity contribution in [1.29, 1.82) is 0 Å². The number of rotatable bonds is 9. The largest absolute Gasteiger partial charge is 0.550 e. The maximum absolute atomic E-state index is 12.1. The second-order valence-corrected chi connectivity index (χ2v) is 6.66. The van der Waals surface area contributed by atoms with E-state index in [0.29, 0.717) is 19.3 Å². The summed E-state index contributed by atoms with van der Waals surface area (Å²) in [6.07, 6.45) is 1.27. The van der Waals surface area contributed by atoms with E-state index in [9.17, 15) is 28.2 Å². The Morgan fingerprint density at radius 2 is 1.82 bits per heavy atom. The lowest BCUT2D eigenvalue weighted by Gasteiger charge is -2.10. The molecule has 1 aromatic rings. The Hall–Kier alpha value is -1.64. The van der Waals surface area contributed by atoms with E-state index in [0.717, 1.165) is 12.1 Å². The van der Waals surface area contributed by atoms with Gasteiger partial charge in [0.05, 0.1) is 11.0 Å². The summed E-state index contributed by atoms with van der Waals surface area (Å²) in [6.45, 7) is 0.0846. The molecule has 0 radical (unpaired) electrons. The number of sulfonamides is 1. The molecule has 7 nitrogen and oxygen atoms in total. The number of aliphatic carboxylic acids is 1. The number of hydrogen-bond donors (Lipinski definition) is 1. The van der Waals surface area contributed by atoms with E-state index in [1.165, 1.54) is 6.07 Å². The molecule has 0 atom stereocenters. The maximum Gasteiger partial charge on any atom is 0.242 e. The molecule has 0 spiro atoms. The predicted molar refractivity (Wildman–Crippen MR) is 74.4 cm³/mol. The quantitative estimate of drug-likeness (QED) is 0.588. The van der Waals surface area contributed by atoms with Crippen molar-refractivity contribution >= 4 is 33.6 Å². The number of carbonyl (C=O) groups excluding carboxylic acids is 2. The van der Waals surface area contributed by atoms with Gasteiger partial charge in [0, 0.05) is 12.5 Å². The van der Waals surface area contributed by atoms with Crippen LogP contribution < -0.4 is 14.9 Å². The van der Waals surface area contributed by atoms with E-state index in [-0.39, 0.29) is 28.4 Å². The number of carboxylic acids is 2. The third-order valence-electron chi connectivity index (χ3n) is 2.81. The second kappa shape index (κ2) is 8.11. The number of aromatic carboxylic acids is 1. The van der Waals surface area contributed by atoms with Gasteiger partial charge in [-0.15, -0.1) is 0 Å². The molecule has 9 heteroatoms. The van der Waals surface area contributed by atoms with Crippen LogP contribution in [-0.2, 0) is 14.8 Å². The first-order valence-electron chi connectivity index (χ1n) is 6.44. The molecule has 0 fully saturated rings. The Balaban J connectivity index is 2.65. The van der Waals surface area contributed by atoms with Crippen LogP contribution in [0.1, 0.15) is 36.0 Å². The van der Waals surface area contributed by atoms with E-state index in [4.69, 9.17) is 11.6 Å². The summed E-state index contributed by atoms with van der Waals surface area (Å²) < 4.78 is 26.4. The number of carbonyl (C=O) groups is 2. The Kier molecular flexibility index (Phi) is 6.79. The predicted octanol–water partition coefficient (Wildman–Crippen LogP) is -0.708. The molecular formula is C13H14ClNO6S-2. The molecule has 0 aliphatic heterocycles. The third-order valence-corrected chi connectivity index (χ3v) is 4.75. The molecule has 0 saturated heterocycles. The van der Waals surface area contributed by atoms with Crippen LogP contribution in [0.5, 0.6) is 0 Å². The minimum Gasteiger partial charge on any atom is -0.550 e. The van der Waals surface area contributed by atoms with Crippen LogP contribution in [-0.4, -0.2) is 26.9 Å². The second-order valence-electron chi connectivity index (χ2n) is 4.51. The Morgan fingerprint density at radius 1 is 1.14 bits per heavy atom. The molecule has 0 saturated carbocycles. The van der Waals surface area contributed by atoms with Gasteiger partial charge >= 0.3 is 0 Å². The summed E-state index contributed by atoms with van der Waals surface area (Å²) in [5.41, 5.74) is -0.293. The fourth-order valence-corrected chi connectivity index (χ4v) is 3.29. The Labute approximate surface area is 133 Å². The van der Waals surface area contributed by atoms with Crippen molar-refractivity contribution < 1.29 is 28.2 Å². The highest BCUT2D eigenvalue weighted by atomic mass is 35.5. The SMILES string of the molecule is O=C([O-])CCCCCNS(=O)(=O)c1cc(C(=O)[O-])ccc1Cl. The van der Waals surface area contributed by atoms with Crippen molar-refractivity contribution in [3.05, 3.63) is 28.8 Å². The highest BCUT2D eigenvalue weighted by Gasteiger charge is 2.18. The van der Waals surface area contributed by atoms with Crippen LogP contribution in [0.25, 0.3) is 0 Å². The van der Waals surface area contributed by atoms with E-state index < -0.39 is 22.0 Å². The number of carboxylic acid groups (broad SMARTS) is 2. The molecule has 22 heavy (non-hydrogen) atoms. The lowest BCUT2D eigenvalue weighted by atomic mass is 10.2. The maximum atomic E-state index is 12.1. The van der Waals surface area contributed by atoms with Crippen LogP contribution in [0.4, 0.5) is 0 Å². The van der Waals surface area contributed by atoms with Gasteiger partial charge < -0.3 is 19.8 Å². The molecule has 1 aromatic carbocycles. The van der Waals surface area contributed by atoms with Gasteiger partial charge in [0.15, 0.2) is 0 Å². The van der Waals surface area contributed by atoms with Gasteiger partial charge in [-0.2, -0.15) is 0 Å². The molecule has 122 valence electrons. The molecular weight excluding hydrogens is 334 g/mol. The lowest BCUT2D eigenvalue weighted by Crippen LogP contribution is -2.27. The Morgan fingerprint density at radius 3 is 2.41 bits per heavy atom. The molecule has 1 N–H and O–H groups in total. The first kappa shape index (κ1) is 18.4.